The average Bonchev–Trinajstić information content (AvgIpc) is 2.52. The van der Waals surface area contributed by atoms with Crippen molar-refractivity contribution >= 4 is 29.0 Å². The number of nitrogens with one attached hydrogen (secondary N) is 1. The molecule has 1 heterocycles. The van der Waals surface area contributed by atoms with Gasteiger partial charge in [0.25, 0.3) is 0 Å². The molecule has 7 nitrogen and oxygen atoms in total. The van der Waals surface area contributed by atoms with Crippen molar-refractivity contribution in [3.63, 3.8) is 0 Å². The van der Waals surface area contributed by atoms with Gasteiger partial charge in [0.1, 0.15) is 5.82 Å². The molecule has 1 amide bonds. The minimum absolute atomic E-state index is 0.0971. The first-order valence-electron chi connectivity index (χ1n) is 6.84. The van der Waals surface area contributed by atoms with E-state index in [-0.39, 0.29) is 30.4 Å². The molecule has 1 N–H and O–H groups in total. The predicted octanol–water partition coefficient (Wildman–Crippen LogP) is 3.44. The van der Waals surface area contributed by atoms with E-state index >= 15 is 0 Å². The van der Waals surface area contributed by atoms with Crippen molar-refractivity contribution in [2.24, 2.45) is 0 Å². The molecule has 0 bridgehead atoms. The van der Waals surface area contributed by atoms with Crippen LogP contribution in [-0.4, -0.2) is 22.4 Å². The smallest absolute Gasteiger partial charge is 0.310 e. The van der Waals surface area contributed by atoms with Crippen LogP contribution in [0.3, 0.4) is 0 Å². The standard InChI is InChI=1S/C15H14ClN3O4/c16-11-7-8-17-14(10-11)18-15(20)6-3-9-23-13-5-2-1-4-12(13)19(21)22/h1-2,4-5,7-8,10H,3,6,9H2,(H,17,18,20). The molecule has 0 unspecified atom stereocenters. The first-order chi connectivity index (χ1) is 11.1. The Morgan fingerprint density at radius 1 is 1.35 bits per heavy atom. The fourth-order valence-electron chi connectivity index (χ4n) is 1.82. The van der Waals surface area contributed by atoms with Gasteiger partial charge < -0.3 is 10.1 Å². The van der Waals surface area contributed by atoms with E-state index in [1.54, 1.807) is 24.3 Å². The van der Waals surface area contributed by atoms with Gasteiger partial charge in [-0.1, -0.05) is 23.7 Å². The van der Waals surface area contributed by atoms with E-state index in [4.69, 9.17) is 16.3 Å². The summed E-state index contributed by atoms with van der Waals surface area (Å²) in [5, 5.41) is 13.9. The molecule has 0 radical (unpaired) electrons. The molecule has 0 aliphatic rings. The Morgan fingerprint density at radius 3 is 2.87 bits per heavy atom. The monoisotopic (exact) mass is 335 g/mol. The highest BCUT2D eigenvalue weighted by atomic mass is 35.5. The molecule has 0 spiro atoms. The second-order valence-corrected chi connectivity index (χ2v) is 5.02. The van der Waals surface area contributed by atoms with Gasteiger partial charge in [0.05, 0.1) is 11.5 Å². The third-order valence-corrected chi connectivity index (χ3v) is 3.09. The minimum Gasteiger partial charge on any atom is -0.487 e. The van der Waals surface area contributed by atoms with Gasteiger partial charge in [-0.15, -0.1) is 0 Å². The fraction of sp³-hybridized carbons (Fsp3) is 0.200. The van der Waals surface area contributed by atoms with Crippen molar-refractivity contribution in [1.29, 1.82) is 0 Å². The Bertz CT molecular complexity index is 709. The number of hydrogen-bond donors (Lipinski definition) is 1. The molecule has 0 aliphatic carbocycles. The van der Waals surface area contributed by atoms with Crippen LogP contribution < -0.4 is 10.1 Å². The number of carbonyl (C=O) groups excluding carboxylic acids is 1. The molecular formula is C15H14ClN3O4. The quantitative estimate of drug-likeness (QED) is 0.475. The third kappa shape index (κ3) is 5.23. The van der Waals surface area contributed by atoms with E-state index < -0.39 is 4.92 Å². The number of carbonyl (C=O) groups is 1. The molecule has 1 aromatic heterocycles. The van der Waals surface area contributed by atoms with Crippen LogP contribution in [0.15, 0.2) is 42.6 Å². The molecule has 2 rings (SSSR count). The second kappa shape index (κ2) is 8.09. The van der Waals surface area contributed by atoms with Crippen LogP contribution in [0.4, 0.5) is 11.5 Å². The Morgan fingerprint density at radius 2 is 2.13 bits per heavy atom. The van der Waals surface area contributed by atoms with E-state index in [2.05, 4.69) is 10.3 Å². The number of halogens is 1. The number of rotatable bonds is 7. The van der Waals surface area contributed by atoms with E-state index in [1.807, 2.05) is 0 Å². The molecule has 8 heteroatoms. The van der Waals surface area contributed by atoms with E-state index in [0.29, 0.717) is 17.3 Å². The Kier molecular flexibility index (Phi) is 5.87. The topological polar surface area (TPSA) is 94.4 Å². The van der Waals surface area contributed by atoms with Gasteiger partial charge in [0.2, 0.25) is 5.91 Å². The van der Waals surface area contributed by atoms with E-state index in [9.17, 15) is 14.9 Å². The summed E-state index contributed by atoms with van der Waals surface area (Å²) in [5.74, 6) is 0.336. The van der Waals surface area contributed by atoms with Gasteiger partial charge in [0, 0.05) is 23.7 Å². The van der Waals surface area contributed by atoms with Crippen molar-refractivity contribution in [2.45, 2.75) is 12.8 Å². The second-order valence-electron chi connectivity index (χ2n) is 4.58. The van der Waals surface area contributed by atoms with E-state index in [1.165, 1.54) is 18.3 Å². The number of pyridine rings is 1. The van der Waals surface area contributed by atoms with Crippen molar-refractivity contribution in [3.8, 4) is 5.75 Å². The highest BCUT2D eigenvalue weighted by molar-refractivity contribution is 6.30. The summed E-state index contributed by atoms with van der Waals surface area (Å²) >= 11 is 5.80. The first-order valence-corrected chi connectivity index (χ1v) is 7.21. The molecule has 23 heavy (non-hydrogen) atoms. The highest BCUT2D eigenvalue weighted by Gasteiger charge is 2.13. The van der Waals surface area contributed by atoms with Crippen LogP contribution in [0.25, 0.3) is 0 Å². The fourth-order valence-corrected chi connectivity index (χ4v) is 1.98. The van der Waals surface area contributed by atoms with Crippen molar-refractivity contribution in [3.05, 3.63) is 57.7 Å². The van der Waals surface area contributed by atoms with Crippen LogP contribution in [0.5, 0.6) is 5.75 Å². The van der Waals surface area contributed by atoms with Crippen LogP contribution in [0, 0.1) is 10.1 Å². The first kappa shape index (κ1) is 16.7. The molecule has 120 valence electrons. The molecule has 0 saturated carbocycles. The SMILES string of the molecule is O=C(CCCOc1ccccc1[N+](=O)[O-])Nc1cc(Cl)ccn1. The van der Waals surface area contributed by atoms with Crippen LogP contribution in [0.2, 0.25) is 5.02 Å². The van der Waals surface area contributed by atoms with Gasteiger partial charge in [0.15, 0.2) is 5.75 Å². The van der Waals surface area contributed by atoms with Crippen LogP contribution in [-0.2, 0) is 4.79 Å². The number of ether oxygens (including phenoxy) is 1. The summed E-state index contributed by atoms with van der Waals surface area (Å²) in [6.45, 7) is 0.196. The largest absolute Gasteiger partial charge is 0.487 e. The number of nitro benzene ring substituents is 1. The summed E-state index contributed by atoms with van der Waals surface area (Å²) in [5.41, 5.74) is -0.0971. The highest BCUT2D eigenvalue weighted by Crippen LogP contribution is 2.25. The molecule has 0 fully saturated rings. The van der Waals surface area contributed by atoms with Crippen molar-refractivity contribution in [2.75, 3.05) is 11.9 Å². The zero-order valence-corrected chi connectivity index (χ0v) is 12.8. The lowest BCUT2D eigenvalue weighted by Crippen LogP contribution is -2.13. The number of anilines is 1. The third-order valence-electron chi connectivity index (χ3n) is 2.86. The van der Waals surface area contributed by atoms with Crippen LogP contribution in [0.1, 0.15) is 12.8 Å². The zero-order chi connectivity index (χ0) is 16.7. The maximum absolute atomic E-state index is 11.8. The lowest BCUT2D eigenvalue weighted by Gasteiger charge is -2.07. The Labute approximate surface area is 137 Å². The predicted molar refractivity (Wildman–Crippen MR) is 85.7 cm³/mol. The number of hydrogen-bond acceptors (Lipinski definition) is 5. The maximum atomic E-state index is 11.8. The number of amides is 1. The molecular weight excluding hydrogens is 322 g/mol. The molecule has 0 saturated heterocycles. The summed E-state index contributed by atoms with van der Waals surface area (Å²) in [6, 6.07) is 9.26. The number of benzene rings is 1. The number of nitro groups is 1. The number of para-hydroxylation sites is 2. The van der Waals surface area contributed by atoms with Crippen molar-refractivity contribution in [1.82, 2.24) is 4.98 Å². The van der Waals surface area contributed by atoms with Gasteiger partial charge in [-0.2, -0.15) is 0 Å². The summed E-state index contributed by atoms with van der Waals surface area (Å²) in [4.78, 5) is 26.0. The normalized spacial score (nSPS) is 10.1. The Balaban J connectivity index is 1.77. The zero-order valence-electron chi connectivity index (χ0n) is 12.1. The van der Waals surface area contributed by atoms with Crippen molar-refractivity contribution < 1.29 is 14.5 Å². The molecule has 2 aromatic rings. The maximum Gasteiger partial charge on any atom is 0.310 e. The average molecular weight is 336 g/mol. The van der Waals surface area contributed by atoms with Gasteiger partial charge in [-0.05, 0) is 24.6 Å². The molecule has 1 aromatic carbocycles. The van der Waals surface area contributed by atoms with Crippen LogP contribution >= 0.6 is 11.6 Å². The van der Waals surface area contributed by atoms with Gasteiger partial charge >= 0.3 is 5.69 Å². The molecule has 0 aliphatic heterocycles. The number of aromatic nitrogens is 1. The van der Waals surface area contributed by atoms with Gasteiger partial charge in [-0.25, -0.2) is 4.98 Å². The summed E-state index contributed by atoms with van der Waals surface area (Å²) in [6.07, 6.45) is 2.11. The minimum atomic E-state index is -0.507. The lowest BCUT2D eigenvalue weighted by atomic mass is 10.3. The number of nitrogens with zero attached hydrogens (tertiary/aromatic N) is 2. The Hall–Kier alpha value is -2.67. The lowest BCUT2D eigenvalue weighted by molar-refractivity contribution is -0.385. The molecule has 0 atom stereocenters. The summed E-state index contributed by atoms with van der Waals surface area (Å²) in [7, 11) is 0. The van der Waals surface area contributed by atoms with E-state index in [0.717, 1.165) is 0 Å². The summed E-state index contributed by atoms with van der Waals surface area (Å²) < 4.78 is 5.36. The van der Waals surface area contributed by atoms with Gasteiger partial charge in [-0.3, -0.25) is 14.9 Å².